The smallest absolute Gasteiger partial charge is 0.161 e. The van der Waals surface area contributed by atoms with Gasteiger partial charge in [-0.15, -0.1) is 0 Å². The molecular formula is C18H24FN3. The second-order valence-corrected chi connectivity index (χ2v) is 7.03. The number of rotatable bonds is 2. The minimum Gasteiger partial charge on any atom is -0.383 e. The molecule has 2 rings (SSSR count). The van der Waals surface area contributed by atoms with E-state index < -0.39 is 0 Å². The molecule has 0 radical (unpaired) electrons. The number of hydrogen-bond donors (Lipinski definition) is 1. The predicted octanol–water partition coefficient (Wildman–Crippen LogP) is 4.59. The van der Waals surface area contributed by atoms with Gasteiger partial charge >= 0.3 is 0 Å². The van der Waals surface area contributed by atoms with Crippen LogP contribution in [0.5, 0.6) is 0 Å². The maximum absolute atomic E-state index is 14.4. The molecule has 0 saturated heterocycles. The molecule has 3 nitrogen and oxygen atoms in total. The van der Waals surface area contributed by atoms with Crippen molar-refractivity contribution in [3.05, 3.63) is 40.8 Å². The molecule has 0 atom stereocenters. The first-order valence-electron chi connectivity index (χ1n) is 7.55. The summed E-state index contributed by atoms with van der Waals surface area (Å²) in [5.74, 6) is 0.961. The summed E-state index contributed by atoms with van der Waals surface area (Å²) in [7, 11) is 0. The Kier molecular flexibility index (Phi) is 4.23. The van der Waals surface area contributed by atoms with Crippen LogP contribution in [0.2, 0.25) is 0 Å². The van der Waals surface area contributed by atoms with Crippen molar-refractivity contribution in [3.63, 3.8) is 0 Å². The zero-order valence-electron chi connectivity index (χ0n) is 14.2. The highest BCUT2D eigenvalue weighted by Crippen LogP contribution is 2.30. The first-order valence-corrected chi connectivity index (χ1v) is 7.55. The van der Waals surface area contributed by atoms with Crippen LogP contribution in [0.25, 0.3) is 11.4 Å². The van der Waals surface area contributed by atoms with Gasteiger partial charge < -0.3 is 5.73 Å². The number of halogens is 1. The quantitative estimate of drug-likeness (QED) is 0.882. The topological polar surface area (TPSA) is 51.8 Å². The van der Waals surface area contributed by atoms with Crippen LogP contribution in [-0.2, 0) is 5.41 Å². The van der Waals surface area contributed by atoms with E-state index in [0.717, 1.165) is 11.3 Å². The Hall–Kier alpha value is -1.97. The molecule has 0 saturated carbocycles. The van der Waals surface area contributed by atoms with Gasteiger partial charge in [0.05, 0.1) is 0 Å². The van der Waals surface area contributed by atoms with Gasteiger partial charge in [-0.3, -0.25) is 0 Å². The summed E-state index contributed by atoms with van der Waals surface area (Å²) in [5, 5.41) is 0. The largest absolute Gasteiger partial charge is 0.383 e. The van der Waals surface area contributed by atoms with E-state index in [2.05, 4.69) is 23.8 Å². The van der Waals surface area contributed by atoms with Crippen molar-refractivity contribution in [2.75, 3.05) is 5.73 Å². The van der Waals surface area contributed by atoms with Crippen molar-refractivity contribution < 1.29 is 4.39 Å². The van der Waals surface area contributed by atoms with E-state index in [-0.39, 0.29) is 17.2 Å². The van der Waals surface area contributed by atoms with Crippen LogP contribution >= 0.6 is 0 Å². The van der Waals surface area contributed by atoms with E-state index in [0.29, 0.717) is 22.8 Å². The fraction of sp³-hybridized carbons (Fsp3) is 0.444. The summed E-state index contributed by atoms with van der Waals surface area (Å²) >= 11 is 0. The second kappa shape index (κ2) is 5.67. The highest BCUT2D eigenvalue weighted by atomic mass is 19.1. The van der Waals surface area contributed by atoms with Crippen LogP contribution in [-0.4, -0.2) is 9.97 Å². The Balaban J connectivity index is 2.52. The Labute approximate surface area is 131 Å². The standard InChI is InChI=1S/C18H24FN3/c1-10(2)15-11(3)21-17(22-16(15)20)12-7-8-13(14(19)9-12)18(4,5)6/h7-10H,1-6H3,(H2,20,21,22). The number of aromatic nitrogens is 2. The average molecular weight is 301 g/mol. The molecule has 0 bridgehead atoms. The lowest BCUT2D eigenvalue weighted by Gasteiger charge is -2.20. The molecule has 2 N–H and O–H groups in total. The van der Waals surface area contributed by atoms with E-state index in [9.17, 15) is 4.39 Å². The third-order valence-electron chi connectivity index (χ3n) is 3.78. The van der Waals surface area contributed by atoms with Gasteiger partial charge in [-0.05, 0) is 29.9 Å². The molecule has 0 amide bonds. The zero-order chi connectivity index (χ0) is 16.7. The van der Waals surface area contributed by atoms with Crippen molar-refractivity contribution in [2.24, 2.45) is 0 Å². The second-order valence-electron chi connectivity index (χ2n) is 7.03. The molecule has 4 heteroatoms. The summed E-state index contributed by atoms with van der Waals surface area (Å²) < 4.78 is 14.4. The molecule has 22 heavy (non-hydrogen) atoms. The van der Waals surface area contributed by atoms with Crippen molar-refractivity contribution >= 4 is 5.82 Å². The minimum atomic E-state index is -0.238. The summed E-state index contributed by atoms with van der Waals surface area (Å²) in [4.78, 5) is 8.86. The zero-order valence-corrected chi connectivity index (χ0v) is 14.2. The summed E-state index contributed by atoms with van der Waals surface area (Å²) in [6, 6.07) is 5.15. The van der Waals surface area contributed by atoms with Crippen LogP contribution in [0, 0.1) is 12.7 Å². The first kappa shape index (κ1) is 16.4. The molecule has 118 valence electrons. The molecule has 2 aromatic rings. The first-order chi connectivity index (χ1) is 10.1. The summed E-state index contributed by atoms with van der Waals surface area (Å²) in [5.41, 5.74) is 8.95. The number of nitrogens with zero attached hydrogens (tertiary/aromatic N) is 2. The number of benzene rings is 1. The highest BCUT2D eigenvalue weighted by Gasteiger charge is 2.20. The Morgan fingerprint density at radius 2 is 1.77 bits per heavy atom. The molecule has 0 spiro atoms. The molecule has 0 fully saturated rings. The Morgan fingerprint density at radius 1 is 1.14 bits per heavy atom. The Bertz CT molecular complexity index is 677. The lowest BCUT2D eigenvalue weighted by atomic mass is 9.86. The predicted molar refractivity (Wildman–Crippen MR) is 89.4 cm³/mol. The normalized spacial score (nSPS) is 12.0. The van der Waals surface area contributed by atoms with Crippen LogP contribution in [0.15, 0.2) is 18.2 Å². The summed E-state index contributed by atoms with van der Waals surface area (Å²) in [6.45, 7) is 12.0. The number of aryl methyl sites for hydroxylation is 1. The summed E-state index contributed by atoms with van der Waals surface area (Å²) in [6.07, 6.45) is 0. The maximum atomic E-state index is 14.4. The molecule has 1 heterocycles. The SMILES string of the molecule is Cc1nc(-c2ccc(C(C)(C)C)c(F)c2)nc(N)c1C(C)C. The molecule has 1 aromatic heterocycles. The van der Waals surface area contributed by atoms with Gasteiger partial charge in [0, 0.05) is 16.8 Å². The molecule has 1 aromatic carbocycles. The Morgan fingerprint density at radius 3 is 2.23 bits per heavy atom. The third-order valence-corrected chi connectivity index (χ3v) is 3.78. The van der Waals surface area contributed by atoms with Gasteiger partial charge in [-0.1, -0.05) is 46.8 Å². The van der Waals surface area contributed by atoms with Crippen molar-refractivity contribution in [1.29, 1.82) is 0 Å². The third kappa shape index (κ3) is 3.11. The fourth-order valence-electron chi connectivity index (χ4n) is 2.71. The molecule has 0 aliphatic carbocycles. The fourth-order valence-corrected chi connectivity index (χ4v) is 2.71. The van der Waals surface area contributed by atoms with Gasteiger partial charge in [0.2, 0.25) is 0 Å². The minimum absolute atomic E-state index is 0.236. The van der Waals surface area contributed by atoms with Crippen molar-refractivity contribution in [1.82, 2.24) is 9.97 Å². The van der Waals surface area contributed by atoms with E-state index in [1.54, 1.807) is 6.07 Å². The van der Waals surface area contributed by atoms with Gasteiger partial charge in [-0.2, -0.15) is 0 Å². The van der Waals surface area contributed by atoms with Gasteiger partial charge in [0.15, 0.2) is 5.82 Å². The molecule has 0 unspecified atom stereocenters. The lowest BCUT2D eigenvalue weighted by Crippen LogP contribution is -2.13. The number of hydrogen-bond acceptors (Lipinski definition) is 3. The monoisotopic (exact) mass is 301 g/mol. The van der Waals surface area contributed by atoms with Gasteiger partial charge in [0.25, 0.3) is 0 Å². The maximum Gasteiger partial charge on any atom is 0.161 e. The number of anilines is 1. The van der Waals surface area contributed by atoms with Crippen LogP contribution in [0.3, 0.4) is 0 Å². The van der Waals surface area contributed by atoms with E-state index >= 15 is 0 Å². The van der Waals surface area contributed by atoms with Crippen LogP contribution in [0.1, 0.15) is 57.4 Å². The van der Waals surface area contributed by atoms with Crippen molar-refractivity contribution in [2.45, 2.75) is 52.9 Å². The van der Waals surface area contributed by atoms with Gasteiger partial charge in [-0.25, -0.2) is 14.4 Å². The van der Waals surface area contributed by atoms with Crippen LogP contribution in [0.4, 0.5) is 10.2 Å². The van der Waals surface area contributed by atoms with E-state index in [4.69, 9.17) is 5.73 Å². The van der Waals surface area contributed by atoms with Gasteiger partial charge in [0.1, 0.15) is 11.6 Å². The van der Waals surface area contributed by atoms with E-state index in [1.807, 2.05) is 33.8 Å². The van der Waals surface area contributed by atoms with E-state index in [1.165, 1.54) is 6.07 Å². The van der Waals surface area contributed by atoms with Crippen molar-refractivity contribution in [3.8, 4) is 11.4 Å². The number of nitrogen functional groups attached to an aromatic ring is 1. The van der Waals surface area contributed by atoms with Crippen LogP contribution < -0.4 is 5.73 Å². The highest BCUT2D eigenvalue weighted by molar-refractivity contribution is 5.60. The molecular weight excluding hydrogens is 277 g/mol. The molecule has 0 aliphatic rings. The number of nitrogens with two attached hydrogens (primary N) is 1. The molecule has 0 aliphatic heterocycles. The lowest BCUT2D eigenvalue weighted by molar-refractivity contribution is 0.523. The average Bonchev–Trinajstić information content (AvgIpc) is 2.35.